The van der Waals surface area contributed by atoms with Crippen molar-refractivity contribution in [3.63, 3.8) is 0 Å². The molecule has 11 heteroatoms. The summed E-state index contributed by atoms with van der Waals surface area (Å²) >= 11 is 0.833. The molecule has 0 saturated heterocycles. The Morgan fingerprint density at radius 2 is 1.95 bits per heavy atom. The molecule has 0 radical (unpaired) electrons. The fourth-order valence-corrected chi connectivity index (χ4v) is 4.62. The Morgan fingerprint density at radius 1 is 1.11 bits per heavy atom. The molecule has 3 aromatic heterocycles. The highest BCUT2D eigenvalue weighted by Crippen LogP contribution is 2.34. The quantitative estimate of drug-likeness (QED) is 0.284. The van der Waals surface area contributed by atoms with E-state index >= 15 is 0 Å². The minimum atomic E-state index is -4.54. The zero-order valence-electron chi connectivity index (χ0n) is 19.2. The molecule has 0 saturated carbocycles. The van der Waals surface area contributed by atoms with Crippen LogP contribution in [0.1, 0.15) is 38.2 Å². The summed E-state index contributed by atoms with van der Waals surface area (Å²) in [5.41, 5.74) is 0.189. The summed E-state index contributed by atoms with van der Waals surface area (Å²) in [5, 5.41) is 3.72. The van der Waals surface area contributed by atoms with Gasteiger partial charge >= 0.3 is 6.18 Å². The van der Waals surface area contributed by atoms with Gasteiger partial charge in [0.25, 0.3) is 5.91 Å². The number of aromatic nitrogens is 1. The van der Waals surface area contributed by atoms with Gasteiger partial charge in [0.05, 0.1) is 18.4 Å². The maximum absolute atomic E-state index is 13.5. The molecule has 0 aliphatic heterocycles. The number of rotatable bonds is 9. The summed E-state index contributed by atoms with van der Waals surface area (Å²) in [6.45, 7) is -0.143. The van der Waals surface area contributed by atoms with E-state index < -0.39 is 35.4 Å². The number of carbonyl (C=O) groups is 2. The second-order valence-corrected chi connectivity index (χ2v) is 9.07. The van der Waals surface area contributed by atoms with E-state index in [-0.39, 0.29) is 23.7 Å². The number of alkyl halides is 3. The van der Waals surface area contributed by atoms with Crippen LogP contribution in [0, 0.1) is 5.82 Å². The van der Waals surface area contributed by atoms with Crippen LogP contribution in [0.15, 0.2) is 83.1 Å². The Bertz CT molecular complexity index is 1340. The molecule has 0 fully saturated rings. The smallest absolute Gasteiger partial charge is 0.417 e. The molecule has 4 rings (SSSR count). The number of hydrogen-bond acceptors (Lipinski definition) is 5. The first kappa shape index (κ1) is 26.1. The second kappa shape index (κ2) is 11.4. The number of furan rings is 1. The van der Waals surface area contributed by atoms with Crippen LogP contribution in [0.3, 0.4) is 0 Å². The van der Waals surface area contributed by atoms with Gasteiger partial charge in [-0.15, -0.1) is 11.3 Å². The zero-order chi connectivity index (χ0) is 26.4. The van der Waals surface area contributed by atoms with Crippen molar-refractivity contribution in [1.29, 1.82) is 0 Å². The second-order valence-electron chi connectivity index (χ2n) is 8.07. The highest BCUT2D eigenvalue weighted by atomic mass is 32.1. The number of amides is 2. The number of halogens is 4. The van der Waals surface area contributed by atoms with E-state index in [0.717, 1.165) is 27.7 Å². The first-order chi connectivity index (χ1) is 17.7. The number of nitrogens with zero attached hydrogens (tertiary/aromatic N) is 2. The van der Waals surface area contributed by atoms with E-state index in [1.54, 1.807) is 24.3 Å². The number of benzene rings is 1. The molecular weight excluding hydrogens is 510 g/mol. The Kier molecular flexibility index (Phi) is 8.02. The number of thiophene rings is 1. The predicted octanol–water partition coefficient (Wildman–Crippen LogP) is 5.64. The van der Waals surface area contributed by atoms with Gasteiger partial charge in [0.15, 0.2) is 5.76 Å². The zero-order valence-corrected chi connectivity index (χ0v) is 20.1. The van der Waals surface area contributed by atoms with Crippen LogP contribution in [0.25, 0.3) is 0 Å². The molecular formula is C26H21F4N3O3S. The predicted molar refractivity (Wildman–Crippen MR) is 128 cm³/mol. The molecule has 1 N–H and O–H groups in total. The SMILES string of the molecule is O=C(NCCc1cccc(F)c1)C(c1cccnc1)N(Cc1cc(C(F)(F)F)cs1)C(=O)c1ccco1. The fraction of sp³-hybridized carbons (Fsp3) is 0.192. The summed E-state index contributed by atoms with van der Waals surface area (Å²) in [6.07, 6.45) is -0.0157. The van der Waals surface area contributed by atoms with Crippen molar-refractivity contribution in [1.82, 2.24) is 15.2 Å². The molecule has 0 aliphatic carbocycles. The molecule has 0 spiro atoms. The van der Waals surface area contributed by atoms with Crippen LogP contribution in [-0.4, -0.2) is 28.2 Å². The van der Waals surface area contributed by atoms with Crippen molar-refractivity contribution >= 4 is 23.2 Å². The lowest BCUT2D eigenvalue weighted by atomic mass is 10.0. The van der Waals surface area contributed by atoms with E-state index in [1.165, 1.54) is 42.9 Å². The molecule has 2 amide bonds. The maximum atomic E-state index is 13.5. The monoisotopic (exact) mass is 531 g/mol. The van der Waals surface area contributed by atoms with Crippen molar-refractivity contribution in [2.45, 2.75) is 25.2 Å². The molecule has 6 nitrogen and oxygen atoms in total. The van der Waals surface area contributed by atoms with Gasteiger partial charge in [-0.3, -0.25) is 14.6 Å². The van der Waals surface area contributed by atoms with Gasteiger partial charge in [-0.2, -0.15) is 13.2 Å². The van der Waals surface area contributed by atoms with Gasteiger partial charge in [0, 0.05) is 34.8 Å². The number of hydrogen-bond donors (Lipinski definition) is 1. The molecule has 1 atom stereocenters. The van der Waals surface area contributed by atoms with E-state index in [9.17, 15) is 27.2 Å². The van der Waals surface area contributed by atoms with Gasteiger partial charge < -0.3 is 14.6 Å². The molecule has 1 unspecified atom stereocenters. The largest absolute Gasteiger partial charge is 0.459 e. The van der Waals surface area contributed by atoms with Gasteiger partial charge in [-0.1, -0.05) is 18.2 Å². The third-order valence-electron chi connectivity index (χ3n) is 5.46. The van der Waals surface area contributed by atoms with Crippen molar-refractivity contribution in [3.8, 4) is 0 Å². The lowest BCUT2D eigenvalue weighted by molar-refractivity contribution is -0.137. The molecule has 0 bridgehead atoms. The highest BCUT2D eigenvalue weighted by molar-refractivity contribution is 7.10. The molecule has 3 heterocycles. The summed E-state index contributed by atoms with van der Waals surface area (Å²) in [6, 6.07) is 11.8. The Labute approximate surface area is 213 Å². The summed E-state index contributed by atoms with van der Waals surface area (Å²) in [5.74, 6) is -1.73. The first-order valence-electron chi connectivity index (χ1n) is 11.1. The van der Waals surface area contributed by atoms with Crippen LogP contribution < -0.4 is 5.32 Å². The maximum Gasteiger partial charge on any atom is 0.417 e. The standard InChI is InChI=1S/C26H21F4N3O3S/c27-20-6-1-4-17(12-20)8-10-32-24(34)23(18-5-2-9-31-14-18)33(25(35)22-7-3-11-36-22)15-21-13-19(16-37-21)26(28,29)30/h1-7,9,11-14,16,23H,8,10,15H2,(H,32,34). The van der Waals surface area contributed by atoms with Crippen LogP contribution >= 0.6 is 11.3 Å². The van der Waals surface area contributed by atoms with Gasteiger partial charge in [0.1, 0.15) is 11.9 Å². The topological polar surface area (TPSA) is 75.4 Å². The molecule has 192 valence electrons. The summed E-state index contributed by atoms with van der Waals surface area (Å²) < 4.78 is 58.3. The minimum absolute atomic E-state index is 0.0750. The number of pyridine rings is 1. The van der Waals surface area contributed by atoms with E-state index in [0.29, 0.717) is 17.5 Å². The third-order valence-corrected chi connectivity index (χ3v) is 6.38. The van der Waals surface area contributed by atoms with Crippen LogP contribution in [0.4, 0.5) is 17.6 Å². The average Bonchev–Trinajstić information content (AvgIpc) is 3.57. The Morgan fingerprint density at radius 3 is 2.59 bits per heavy atom. The van der Waals surface area contributed by atoms with Crippen molar-refractivity contribution in [2.75, 3.05) is 6.54 Å². The average molecular weight is 532 g/mol. The van der Waals surface area contributed by atoms with Gasteiger partial charge in [-0.05, 0) is 48.4 Å². The normalized spacial score (nSPS) is 12.2. The Hall–Kier alpha value is -3.99. The lowest BCUT2D eigenvalue weighted by Crippen LogP contribution is -2.43. The molecule has 0 aliphatic rings. The molecule has 37 heavy (non-hydrogen) atoms. The number of carbonyl (C=O) groups excluding carboxylic acids is 2. The van der Waals surface area contributed by atoms with E-state index in [2.05, 4.69) is 10.3 Å². The van der Waals surface area contributed by atoms with Crippen molar-refractivity contribution < 1.29 is 31.6 Å². The first-order valence-corrected chi connectivity index (χ1v) is 12.0. The third kappa shape index (κ3) is 6.62. The van der Waals surface area contributed by atoms with Crippen LogP contribution in [0.5, 0.6) is 0 Å². The van der Waals surface area contributed by atoms with Crippen molar-refractivity contribution in [3.05, 3.63) is 112 Å². The van der Waals surface area contributed by atoms with Gasteiger partial charge in [-0.25, -0.2) is 4.39 Å². The summed E-state index contributed by atoms with van der Waals surface area (Å²) in [7, 11) is 0. The van der Waals surface area contributed by atoms with Gasteiger partial charge in [0.2, 0.25) is 5.91 Å². The van der Waals surface area contributed by atoms with Crippen LogP contribution in [-0.2, 0) is 23.9 Å². The molecule has 4 aromatic rings. The summed E-state index contributed by atoms with van der Waals surface area (Å²) in [4.78, 5) is 32.3. The minimum Gasteiger partial charge on any atom is -0.459 e. The molecule has 1 aromatic carbocycles. The van der Waals surface area contributed by atoms with E-state index in [1.807, 2.05) is 0 Å². The van der Waals surface area contributed by atoms with E-state index in [4.69, 9.17) is 4.42 Å². The number of nitrogens with one attached hydrogen (secondary N) is 1. The fourth-order valence-electron chi connectivity index (χ4n) is 3.73. The van der Waals surface area contributed by atoms with Crippen molar-refractivity contribution in [2.24, 2.45) is 0 Å². The lowest BCUT2D eigenvalue weighted by Gasteiger charge is -2.30. The highest BCUT2D eigenvalue weighted by Gasteiger charge is 2.35. The van der Waals surface area contributed by atoms with Crippen LogP contribution in [0.2, 0.25) is 0 Å². The Balaban J connectivity index is 1.64.